The van der Waals surface area contributed by atoms with Crippen molar-refractivity contribution in [1.29, 1.82) is 0 Å². The maximum Gasteiger partial charge on any atom is 0.184 e. The lowest BCUT2D eigenvalue weighted by molar-refractivity contribution is -0.140. The van der Waals surface area contributed by atoms with Gasteiger partial charge in [-0.15, -0.1) is 6.58 Å². The molecule has 0 saturated heterocycles. The van der Waals surface area contributed by atoms with Crippen molar-refractivity contribution < 1.29 is 13.9 Å². The standard InChI is InChI=1S/C10H22O3Si/c1-4-11-10(12-5-2)8-7-9-13-14-6-3/h6,10H,3-5,7-9,14H2,1-2H3. The van der Waals surface area contributed by atoms with E-state index in [0.29, 0.717) is 13.2 Å². The zero-order valence-corrected chi connectivity index (χ0v) is 10.7. The van der Waals surface area contributed by atoms with E-state index in [4.69, 9.17) is 13.9 Å². The van der Waals surface area contributed by atoms with Crippen molar-refractivity contribution in [1.82, 2.24) is 0 Å². The second kappa shape index (κ2) is 10.9. The van der Waals surface area contributed by atoms with E-state index in [9.17, 15) is 0 Å². The normalized spacial score (nSPS) is 11.6. The lowest BCUT2D eigenvalue weighted by atomic mass is 10.3. The van der Waals surface area contributed by atoms with Gasteiger partial charge in [-0.3, -0.25) is 0 Å². The Morgan fingerprint density at radius 1 is 1.29 bits per heavy atom. The fourth-order valence-corrected chi connectivity index (χ4v) is 1.64. The molecule has 0 saturated carbocycles. The molecular weight excluding hydrogens is 196 g/mol. The van der Waals surface area contributed by atoms with Gasteiger partial charge in [-0.2, -0.15) is 0 Å². The number of rotatable bonds is 10. The minimum atomic E-state index is -0.464. The molecule has 84 valence electrons. The van der Waals surface area contributed by atoms with Gasteiger partial charge in [0.1, 0.15) is 0 Å². The van der Waals surface area contributed by atoms with Gasteiger partial charge in [-0.1, -0.05) is 5.70 Å². The first-order chi connectivity index (χ1) is 6.85. The molecule has 0 unspecified atom stereocenters. The minimum Gasteiger partial charge on any atom is -0.419 e. The summed E-state index contributed by atoms with van der Waals surface area (Å²) in [5, 5.41) is 0. The monoisotopic (exact) mass is 218 g/mol. The van der Waals surface area contributed by atoms with Crippen LogP contribution in [0.1, 0.15) is 26.7 Å². The highest BCUT2D eigenvalue weighted by atomic mass is 28.2. The molecule has 0 aromatic heterocycles. The van der Waals surface area contributed by atoms with E-state index in [1.807, 2.05) is 19.5 Å². The third-order valence-corrected chi connectivity index (χ3v) is 2.43. The zero-order chi connectivity index (χ0) is 10.6. The van der Waals surface area contributed by atoms with Crippen LogP contribution in [-0.4, -0.2) is 35.9 Å². The molecule has 0 heterocycles. The number of ether oxygens (including phenoxy) is 2. The Bertz CT molecular complexity index is 125. The Morgan fingerprint density at radius 2 is 1.93 bits per heavy atom. The molecule has 0 aromatic rings. The first kappa shape index (κ1) is 13.8. The molecular formula is C10H22O3Si. The first-order valence-electron chi connectivity index (χ1n) is 5.27. The summed E-state index contributed by atoms with van der Waals surface area (Å²) in [6, 6.07) is 0. The van der Waals surface area contributed by atoms with Gasteiger partial charge in [-0.25, -0.2) is 0 Å². The first-order valence-corrected chi connectivity index (χ1v) is 6.66. The summed E-state index contributed by atoms with van der Waals surface area (Å²) in [5.41, 5.74) is 1.89. The predicted molar refractivity (Wildman–Crippen MR) is 61.0 cm³/mol. The molecule has 0 aliphatic carbocycles. The van der Waals surface area contributed by atoms with Crippen LogP contribution in [0.3, 0.4) is 0 Å². The molecule has 0 rings (SSSR count). The molecule has 3 nitrogen and oxygen atoms in total. The second-order valence-electron chi connectivity index (χ2n) is 2.85. The highest BCUT2D eigenvalue weighted by Crippen LogP contribution is 2.04. The third-order valence-electron chi connectivity index (χ3n) is 1.67. The van der Waals surface area contributed by atoms with Gasteiger partial charge in [0.05, 0.1) is 0 Å². The molecule has 0 radical (unpaired) electrons. The average molecular weight is 218 g/mol. The summed E-state index contributed by atoms with van der Waals surface area (Å²) in [5.74, 6) is 0. The van der Waals surface area contributed by atoms with Gasteiger partial charge in [0.25, 0.3) is 0 Å². The average Bonchev–Trinajstić information content (AvgIpc) is 2.18. The van der Waals surface area contributed by atoms with Crippen LogP contribution in [0.25, 0.3) is 0 Å². The van der Waals surface area contributed by atoms with E-state index < -0.39 is 9.76 Å². The summed E-state index contributed by atoms with van der Waals surface area (Å²) in [4.78, 5) is 0. The van der Waals surface area contributed by atoms with Crippen LogP contribution in [-0.2, 0) is 13.9 Å². The second-order valence-corrected chi connectivity index (χ2v) is 4.16. The van der Waals surface area contributed by atoms with Crippen LogP contribution in [0.5, 0.6) is 0 Å². The fraction of sp³-hybridized carbons (Fsp3) is 0.800. The molecule has 0 amide bonds. The van der Waals surface area contributed by atoms with E-state index in [1.165, 1.54) is 0 Å². The van der Waals surface area contributed by atoms with Crippen molar-refractivity contribution in [2.45, 2.75) is 33.0 Å². The van der Waals surface area contributed by atoms with Crippen molar-refractivity contribution in [3.8, 4) is 0 Å². The Hall–Kier alpha value is -0.163. The van der Waals surface area contributed by atoms with Gasteiger partial charge >= 0.3 is 0 Å². The van der Waals surface area contributed by atoms with Crippen LogP contribution < -0.4 is 0 Å². The Balaban J connectivity index is 3.34. The maximum absolute atomic E-state index is 5.40. The van der Waals surface area contributed by atoms with Crippen LogP contribution >= 0.6 is 0 Å². The smallest absolute Gasteiger partial charge is 0.184 e. The topological polar surface area (TPSA) is 27.7 Å². The summed E-state index contributed by atoms with van der Waals surface area (Å²) < 4.78 is 16.2. The van der Waals surface area contributed by atoms with Crippen LogP contribution in [0.15, 0.2) is 12.3 Å². The van der Waals surface area contributed by atoms with Crippen molar-refractivity contribution >= 4 is 9.76 Å². The Kier molecular flexibility index (Phi) is 10.8. The molecule has 4 heteroatoms. The SMILES string of the molecule is C=C[SiH2]OCCCC(OCC)OCC. The van der Waals surface area contributed by atoms with Crippen LogP contribution in [0.4, 0.5) is 0 Å². The maximum atomic E-state index is 5.40. The van der Waals surface area contributed by atoms with E-state index in [1.54, 1.807) is 0 Å². The summed E-state index contributed by atoms with van der Waals surface area (Å²) in [6.07, 6.45) is 1.85. The Labute approximate surface area is 89.4 Å². The molecule has 0 spiro atoms. The van der Waals surface area contributed by atoms with E-state index in [-0.39, 0.29) is 6.29 Å². The van der Waals surface area contributed by atoms with Gasteiger partial charge in [0.2, 0.25) is 0 Å². The van der Waals surface area contributed by atoms with E-state index >= 15 is 0 Å². The summed E-state index contributed by atoms with van der Waals surface area (Å²) >= 11 is 0. The van der Waals surface area contributed by atoms with Gasteiger partial charge in [-0.05, 0) is 20.3 Å². The molecule has 0 aliphatic heterocycles. The van der Waals surface area contributed by atoms with Gasteiger partial charge in [0, 0.05) is 26.2 Å². The third kappa shape index (κ3) is 8.44. The lowest BCUT2D eigenvalue weighted by Gasteiger charge is -2.16. The molecule has 0 fully saturated rings. The van der Waals surface area contributed by atoms with Crippen LogP contribution in [0, 0.1) is 0 Å². The predicted octanol–water partition coefficient (Wildman–Crippen LogP) is 1.41. The van der Waals surface area contributed by atoms with Crippen molar-refractivity contribution in [3.63, 3.8) is 0 Å². The van der Waals surface area contributed by atoms with Crippen LogP contribution in [0.2, 0.25) is 0 Å². The molecule has 0 bridgehead atoms. The van der Waals surface area contributed by atoms with Gasteiger partial charge in [0.15, 0.2) is 16.1 Å². The van der Waals surface area contributed by atoms with E-state index in [2.05, 4.69) is 6.58 Å². The molecule has 0 atom stereocenters. The Morgan fingerprint density at radius 3 is 2.43 bits per heavy atom. The quantitative estimate of drug-likeness (QED) is 0.315. The molecule has 0 aromatic carbocycles. The number of hydrogen-bond donors (Lipinski definition) is 0. The highest BCUT2D eigenvalue weighted by Gasteiger charge is 2.06. The zero-order valence-electron chi connectivity index (χ0n) is 9.33. The van der Waals surface area contributed by atoms with Crippen molar-refractivity contribution in [2.75, 3.05) is 19.8 Å². The van der Waals surface area contributed by atoms with Gasteiger partial charge < -0.3 is 13.9 Å². The van der Waals surface area contributed by atoms with E-state index in [0.717, 1.165) is 19.4 Å². The van der Waals surface area contributed by atoms with Crippen molar-refractivity contribution in [2.24, 2.45) is 0 Å². The molecule has 0 aliphatic rings. The summed E-state index contributed by atoms with van der Waals surface area (Å²) in [7, 11) is -0.464. The molecule has 0 N–H and O–H groups in total. The molecule has 14 heavy (non-hydrogen) atoms. The highest BCUT2D eigenvalue weighted by molar-refractivity contribution is 6.33. The minimum absolute atomic E-state index is 0.0565. The summed E-state index contributed by atoms with van der Waals surface area (Å²) in [6.45, 7) is 9.80. The largest absolute Gasteiger partial charge is 0.419 e. The lowest BCUT2D eigenvalue weighted by Crippen LogP contribution is -2.18. The number of hydrogen-bond acceptors (Lipinski definition) is 3. The van der Waals surface area contributed by atoms with Crippen molar-refractivity contribution in [3.05, 3.63) is 12.3 Å². The fourth-order valence-electron chi connectivity index (χ4n) is 1.11.